The van der Waals surface area contributed by atoms with E-state index in [0.29, 0.717) is 5.02 Å². The first kappa shape index (κ1) is 16.6. The summed E-state index contributed by atoms with van der Waals surface area (Å²) in [7, 11) is 0. The van der Waals surface area contributed by atoms with Crippen LogP contribution in [0.15, 0.2) is 18.2 Å². The molecule has 5 nitrogen and oxygen atoms in total. The number of carbonyl (C=O) groups is 2. The van der Waals surface area contributed by atoms with E-state index in [-0.39, 0.29) is 17.4 Å². The van der Waals surface area contributed by atoms with Crippen LogP contribution < -0.4 is 15.4 Å². The molecule has 0 aliphatic carbocycles. The summed E-state index contributed by atoms with van der Waals surface area (Å²) in [5, 5.41) is 5.30. The van der Waals surface area contributed by atoms with Crippen molar-refractivity contribution >= 4 is 35.1 Å². The Morgan fingerprint density at radius 3 is 2.50 bits per heavy atom. The number of urea groups is 1. The van der Waals surface area contributed by atoms with Gasteiger partial charge in [0.25, 0.3) is 5.91 Å². The summed E-state index contributed by atoms with van der Waals surface area (Å²) >= 11 is 11.7. The third kappa shape index (κ3) is 5.67. The van der Waals surface area contributed by atoms with Gasteiger partial charge in [-0.2, -0.15) is 0 Å². The highest BCUT2D eigenvalue weighted by molar-refractivity contribution is 6.42. The molecule has 0 saturated carbocycles. The molecular weight excluding hydrogens is 303 g/mol. The third-order valence-corrected chi connectivity index (χ3v) is 2.82. The van der Waals surface area contributed by atoms with Crippen molar-refractivity contribution in [3.8, 4) is 5.75 Å². The Kier molecular flexibility index (Phi) is 5.65. The molecule has 7 heteroatoms. The van der Waals surface area contributed by atoms with Crippen molar-refractivity contribution in [2.45, 2.75) is 26.3 Å². The molecular formula is C13H16Cl2N2O3. The van der Waals surface area contributed by atoms with Gasteiger partial charge in [-0.3, -0.25) is 10.1 Å². The van der Waals surface area contributed by atoms with Crippen LogP contribution in [0.5, 0.6) is 5.75 Å². The van der Waals surface area contributed by atoms with Crippen molar-refractivity contribution in [2.75, 3.05) is 6.61 Å². The minimum absolute atomic E-state index is 0.223. The quantitative estimate of drug-likeness (QED) is 0.900. The SMILES string of the molecule is CC(C)(C)NC(=O)NC(=O)COc1cccc(Cl)c1Cl. The average molecular weight is 319 g/mol. The number of hydrogen-bond acceptors (Lipinski definition) is 3. The van der Waals surface area contributed by atoms with Crippen LogP contribution in [0.4, 0.5) is 4.79 Å². The van der Waals surface area contributed by atoms with E-state index in [9.17, 15) is 9.59 Å². The predicted octanol–water partition coefficient (Wildman–Crippen LogP) is 3.00. The second-order valence-electron chi connectivity index (χ2n) is 5.09. The van der Waals surface area contributed by atoms with Gasteiger partial charge in [0.1, 0.15) is 10.8 Å². The maximum Gasteiger partial charge on any atom is 0.321 e. The molecule has 0 aromatic heterocycles. The van der Waals surface area contributed by atoms with Crippen LogP contribution in [0.3, 0.4) is 0 Å². The van der Waals surface area contributed by atoms with Crippen molar-refractivity contribution in [2.24, 2.45) is 0 Å². The van der Waals surface area contributed by atoms with E-state index in [0.717, 1.165) is 0 Å². The van der Waals surface area contributed by atoms with Crippen LogP contribution in [0.2, 0.25) is 10.0 Å². The van der Waals surface area contributed by atoms with Gasteiger partial charge in [-0.05, 0) is 32.9 Å². The highest BCUT2D eigenvalue weighted by Gasteiger charge is 2.16. The number of hydrogen-bond donors (Lipinski definition) is 2. The number of rotatable bonds is 3. The molecule has 3 amide bonds. The standard InChI is InChI=1S/C13H16Cl2N2O3/c1-13(2,3)17-12(19)16-10(18)7-20-9-6-4-5-8(14)11(9)15/h4-6H,7H2,1-3H3,(H2,16,17,18,19). The molecule has 110 valence electrons. The molecule has 0 aliphatic heterocycles. The zero-order valence-electron chi connectivity index (χ0n) is 11.4. The number of imide groups is 1. The lowest BCUT2D eigenvalue weighted by Gasteiger charge is -2.20. The van der Waals surface area contributed by atoms with Gasteiger partial charge in [0.15, 0.2) is 6.61 Å². The molecule has 0 saturated heterocycles. The van der Waals surface area contributed by atoms with Crippen molar-refractivity contribution in [3.05, 3.63) is 28.2 Å². The van der Waals surface area contributed by atoms with Gasteiger partial charge in [0.2, 0.25) is 0 Å². The third-order valence-electron chi connectivity index (χ3n) is 2.02. The van der Waals surface area contributed by atoms with E-state index in [2.05, 4.69) is 10.6 Å². The molecule has 0 spiro atoms. The van der Waals surface area contributed by atoms with Crippen LogP contribution in [0.1, 0.15) is 20.8 Å². The van der Waals surface area contributed by atoms with E-state index in [1.165, 1.54) is 0 Å². The lowest BCUT2D eigenvalue weighted by Crippen LogP contribution is -2.49. The van der Waals surface area contributed by atoms with Crippen molar-refractivity contribution in [1.82, 2.24) is 10.6 Å². The summed E-state index contributed by atoms with van der Waals surface area (Å²) in [4.78, 5) is 23.0. The summed E-state index contributed by atoms with van der Waals surface area (Å²) in [6, 6.07) is 4.25. The van der Waals surface area contributed by atoms with E-state index >= 15 is 0 Å². The highest BCUT2D eigenvalue weighted by Crippen LogP contribution is 2.31. The summed E-state index contributed by atoms with van der Waals surface area (Å²) in [6.07, 6.45) is 0. The Hall–Kier alpha value is -1.46. The maximum atomic E-state index is 11.5. The van der Waals surface area contributed by atoms with E-state index in [4.69, 9.17) is 27.9 Å². The molecule has 0 radical (unpaired) electrons. The Labute approximate surface area is 127 Å². The minimum Gasteiger partial charge on any atom is -0.482 e. The maximum absolute atomic E-state index is 11.5. The van der Waals surface area contributed by atoms with Crippen molar-refractivity contribution < 1.29 is 14.3 Å². The largest absolute Gasteiger partial charge is 0.482 e. The lowest BCUT2D eigenvalue weighted by molar-refractivity contribution is -0.122. The molecule has 1 aromatic rings. The average Bonchev–Trinajstić information content (AvgIpc) is 2.28. The summed E-state index contributed by atoms with van der Waals surface area (Å²) in [5.41, 5.74) is -0.429. The second kappa shape index (κ2) is 6.81. The molecule has 0 heterocycles. The minimum atomic E-state index is -0.581. The van der Waals surface area contributed by atoms with Gasteiger partial charge >= 0.3 is 6.03 Å². The number of amides is 3. The van der Waals surface area contributed by atoms with Crippen LogP contribution in [-0.2, 0) is 4.79 Å². The number of benzene rings is 1. The Bertz CT molecular complexity index is 513. The van der Waals surface area contributed by atoms with Crippen LogP contribution in [-0.4, -0.2) is 24.1 Å². The first-order chi connectivity index (χ1) is 9.19. The van der Waals surface area contributed by atoms with Gasteiger partial charge in [0.05, 0.1) is 5.02 Å². The van der Waals surface area contributed by atoms with E-state index < -0.39 is 17.5 Å². The van der Waals surface area contributed by atoms with Crippen LogP contribution in [0.25, 0.3) is 0 Å². The second-order valence-corrected chi connectivity index (χ2v) is 5.88. The molecule has 0 atom stereocenters. The molecule has 1 aromatic carbocycles. The molecule has 20 heavy (non-hydrogen) atoms. The first-order valence-corrected chi connectivity index (χ1v) is 6.63. The smallest absolute Gasteiger partial charge is 0.321 e. The Morgan fingerprint density at radius 1 is 1.25 bits per heavy atom. The van der Waals surface area contributed by atoms with Crippen molar-refractivity contribution in [1.29, 1.82) is 0 Å². The number of halogens is 2. The number of carbonyl (C=O) groups excluding carboxylic acids is 2. The van der Waals surface area contributed by atoms with Crippen LogP contribution >= 0.6 is 23.2 Å². The molecule has 0 fully saturated rings. The monoisotopic (exact) mass is 318 g/mol. The van der Waals surface area contributed by atoms with Gasteiger partial charge in [0, 0.05) is 5.54 Å². The first-order valence-electron chi connectivity index (χ1n) is 5.88. The Balaban J connectivity index is 2.48. The highest BCUT2D eigenvalue weighted by atomic mass is 35.5. The van der Waals surface area contributed by atoms with Gasteiger partial charge in [-0.1, -0.05) is 29.3 Å². The molecule has 0 aliphatic rings. The summed E-state index contributed by atoms with van der Waals surface area (Å²) in [5.74, 6) is -0.298. The van der Waals surface area contributed by atoms with Gasteiger partial charge in [-0.15, -0.1) is 0 Å². The summed E-state index contributed by atoms with van der Waals surface area (Å²) < 4.78 is 5.20. The van der Waals surface area contributed by atoms with E-state index in [1.807, 2.05) is 0 Å². The van der Waals surface area contributed by atoms with Gasteiger partial charge in [-0.25, -0.2) is 4.79 Å². The zero-order chi connectivity index (χ0) is 15.3. The normalized spacial score (nSPS) is 10.8. The summed E-state index contributed by atoms with van der Waals surface area (Å²) in [6.45, 7) is 5.08. The molecule has 0 bridgehead atoms. The number of ether oxygens (including phenoxy) is 1. The topological polar surface area (TPSA) is 67.4 Å². The predicted molar refractivity (Wildman–Crippen MR) is 78.4 cm³/mol. The molecule has 1 rings (SSSR count). The fourth-order valence-corrected chi connectivity index (χ4v) is 1.62. The zero-order valence-corrected chi connectivity index (χ0v) is 12.9. The fraction of sp³-hybridized carbons (Fsp3) is 0.385. The van der Waals surface area contributed by atoms with Crippen LogP contribution in [0, 0.1) is 0 Å². The fourth-order valence-electron chi connectivity index (χ4n) is 1.27. The lowest BCUT2D eigenvalue weighted by atomic mass is 10.1. The van der Waals surface area contributed by atoms with Gasteiger partial charge < -0.3 is 10.1 Å². The van der Waals surface area contributed by atoms with Crippen molar-refractivity contribution in [3.63, 3.8) is 0 Å². The Morgan fingerprint density at radius 2 is 1.90 bits per heavy atom. The van der Waals surface area contributed by atoms with E-state index in [1.54, 1.807) is 39.0 Å². The molecule has 2 N–H and O–H groups in total. The molecule has 0 unspecified atom stereocenters. The number of nitrogens with one attached hydrogen (secondary N) is 2.